The van der Waals surface area contributed by atoms with Crippen molar-refractivity contribution in [3.05, 3.63) is 42.0 Å². The number of rotatable bonds is 8. The van der Waals surface area contributed by atoms with Gasteiger partial charge in [-0.15, -0.1) is 19.8 Å². The molecule has 0 unspecified atom stereocenters. The summed E-state index contributed by atoms with van der Waals surface area (Å²) in [6.45, 7) is 3.73. The molecule has 1 nitrogen and oxygen atoms in total. The SMILES string of the molecule is C=CCCCC1CCC(CCc2cc(F)c(OC(F)(F)F)c(F)c2)CC1. The summed E-state index contributed by atoms with van der Waals surface area (Å²) in [6, 6.07) is 1.87. The minimum absolute atomic E-state index is 0.364. The summed E-state index contributed by atoms with van der Waals surface area (Å²) in [5, 5.41) is 0. The Labute approximate surface area is 151 Å². The van der Waals surface area contributed by atoms with Crippen molar-refractivity contribution in [2.75, 3.05) is 0 Å². The quantitative estimate of drug-likeness (QED) is 0.271. The van der Waals surface area contributed by atoms with Gasteiger partial charge in [-0.05, 0) is 55.2 Å². The zero-order valence-electron chi connectivity index (χ0n) is 14.8. The van der Waals surface area contributed by atoms with E-state index in [1.54, 1.807) is 0 Å². The highest BCUT2D eigenvalue weighted by atomic mass is 19.4. The van der Waals surface area contributed by atoms with Crippen molar-refractivity contribution in [3.63, 3.8) is 0 Å². The van der Waals surface area contributed by atoms with E-state index in [0.717, 1.165) is 43.7 Å². The molecule has 0 bridgehead atoms. The Bertz CT molecular complexity index is 565. The summed E-state index contributed by atoms with van der Waals surface area (Å²) in [5.41, 5.74) is 0.364. The summed E-state index contributed by atoms with van der Waals surface area (Å²) in [7, 11) is 0. The lowest BCUT2D eigenvalue weighted by atomic mass is 9.78. The number of allylic oxidation sites excluding steroid dienone is 1. The molecule has 0 radical (unpaired) electrons. The fraction of sp³-hybridized carbons (Fsp3) is 0.600. The van der Waals surface area contributed by atoms with Gasteiger partial charge in [0.25, 0.3) is 0 Å². The van der Waals surface area contributed by atoms with Crippen molar-refractivity contribution in [1.29, 1.82) is 0 Å². The molecule has 26 heavy (non-hydrogen) atoms. The molecule has 0 saturated heterocycles. The molecule has 2 rings (SSSR count). The van der Waals surface area contributed by atoms with Crippen LogP contribution in [-0.4, -0.2) is 6.36 Å². The number of aryl methyl sites for hydroxylation is 1. The molecular formula is C20H25F5O. The lowest BCUT2D eigenvalue weighted by molar-refractivity contribution is -0.276. The maximum atomic E-state index is 13.7. The zero-order valence-corrected chi connectivity index (χ0v) is 14.8. The van der Waals surface area contributed by atoms with Gasteiger partial charge in [-0.2, -0.15) is 0 Å². The Morgan fingerprint density at radius 3 is 2.04 bits per heavy atom. The molecule has 1 aromatic rings. The Morgan fingerprint density at radius 1 is 1.00 bits per heavy atom. The first-order valence-electron chi connectivity index (χ1n) is 9.13. The molecule has 0 heterocycles. The van der Waals surface area contributed by atoms with E-state index in [2.05, 4.69) is 11.3 Å². The average Bonchev–Trinajstić information content (AvgIpc) is 2.57. The molecule has 146 valence electrons. The van der Waals surface area contributed by atoms with Crippen LogP contribution < -0.4 is 4.74 Å². The molecule has 0 aliphatic heterocycles. The summed E-state index contributed by atoms with van der Waals surface area (Å²) < 4.78 is 67.4. The van der Waals surface area contributed by atoms with Crippen molar-refractivity contribution in [2.24, 2.45) is 11.8 Å². The van der Waals surface area contributed by atoms with Crippen molar-refractivity contribution < 1.29 is 26.7 Å². The largest absolute Gasteiger partial charge is 0.573 e. The van der Waals surface area contributed by atoms with E-state index in [-0.39, 0.29) is 0 Å². The topological polar surface area (TPSA) is 9.23 Å². The fourth-order valence-electron chi connectivity index (χ4n) is 3.70. The van der Waals surface area contributed by atoms with E-state index < -0.39 is 23.7 Å². The predicted molar refractivity (Wildman–Crippen MR) is 90.9 cm³/mol. The molecule has 1 saturated carbocycles. The molecule has 0 aromatic heterocycles. The van der Waals surface area contributed by atoms with E-state index in [9.17, 15) is 22.0 Å². The minimum Gasteiger partial charge on any atom is -0.399 e. The molecule has 6 heteroatoms. The number of halogens is 5. The molecular weight excluding hydrogens is 351 g/mol. The van der Waals surface area contributed by atoms with Crippen LogP contribution in [0, 0.1) is 23.5 Å². The summed E-state index contributed by atoms with van der Waals surface area (Å²) >= 11 is 0. The molecule has 1 aromatic carbocycles. The summed E-state index contributed by atoms with van der Waals surface area (Å²) in [5.74, 6) is -2.77. The van der Waals surface area contributed by atoms with Gasteiger partial charge in [-0.3, -0.25) is 0 Å². The zero-order chi connectivity index (χ0) is 19.2. The average molecular weight is 376 g/mol. The van der Waals surface area contributed by atoms with E-state index in [0.29, 0.717) is 17.9 Å². The van der Waals surface area contributed by atoms with Gasteiger partial charge >= 0.3 is 6.36 Å². The van der Waals surface area contributed by atoms with Gasteiger partial charge in [0.1, 0.15) is 0 Å². The van der Waals surface area contributed by atoms with E-state index in [4.69, 9.17) is 0 Å². The van der Waals surface area contributed by atoms with Crippen LogP contribution in [0.2, 0.25) is 0 Å². The second-order valence-electron chi connectivity index (χ2n) is 7.08. The van der Waals surface area contributed by atoms with Crippen molar-refractivity contribution in [2.45, 2.75) is 64.1 Å². The Hall–Kier alpha value is -1.59. The molecule has 1 fully saturated rings. The maximum Gasteiger partial charge on any atom is 0.573 e. The monoisotopic (exact) mass is 376 g/mol. The van der Waals surface area contributed by atoms with Crippen LogP contribution in [0.1, 0.15) is 56.9 Å². The molecule has 0 atom stereocenters. The second kappa shape index (κ2) is 9.38. The normalized spacial score (nSPS) is 20.8. The van der Waals surface area contributed by atoms with E-state index in [1.807, 2.05) is 6.08 Å². The first-order valence-corrected chi connectivity index (χ1v) is 9.13. The van der Waals surface area contributed by atoms with Crippen LogP contribution in [0.4, 0.5) is 22.0 Å². The summed E-state index contributed by atoms with van der Waals surface area (Å²) in [6.07, 6.45) is 6.03. The molecule has 0 N–H and O–H groups in total. The highest BCUT2D eigenvalue weighted by molar-refractivity contribution is 5.31. The Morgan fingerprint density at radius 2 is 1.54 bits per heavy atom. The first kappa shape index (κ1) is 20.7. The number of ether oxygens (including phenoxy) is 1. The van der Waals surface area contributed by atoms with Crippen LogP contribution in [-0.2, 0) is 6.42 Å². The van der Waals surface area contributed by atoms with Crippen LogP contribution in [0.3, 0.4) is 0 Å². The molecule has 1 aliphatic rings. The van der Waals surface area contributed by atoms with Crippen LogP contribution in [0.25, 0.3) is 0 Å². The van der Waals surface area contributed by atoms with E-state index >= 15 is 0 Å². The number of hydrogen-bond acceptors (Lipinski definition) is 1. The predicted octanol–water partition coefficient (Wildman–Crippen LogP) is 6.96. The molecule has 0 spiro atoms. The number of unbranched alkanes of at least 4 members (excludes halogenated alkanes) is 1. The number of hydrogen-bond donors (Lipinski definition) is 0. The van der Waals surface area contributed by atoms with Gasteiger partial charge in [0.05, 0.1) is 0 Å². The van der Waals surface area contributed by atoms with Crippen LogP contribution >= 0.6 is 0 Å². The maximum absolute atomic E-state index is 13.7. The third-order valence-corrected chi connectivity index (χ3v) is 5.10. The Kier molecular flexibility index (Phi) is 7.47. The van der Waals surface area contributed by atoms with Crippen LogP contribution in [0.5, 0.6) is 5.75 Å². The van der Waals surface area contributed by atoms with Crippen molar-refractivity contribution in [3.8, 4) is 5.75 Å². The third kappa shape index (κ3) is 6.61. The molecule has 0 amide bonds. The van der Waals surface area contributed by atoms with Crippen molar-refractivity contribution in [1.82, 2.24) is 0 Å². The highest BCUT2D eigenvalue weighted by Gasteiger charge is 2.34. The minimum atomic E-state index is -5.12. The number of alkyl halides is 3. The van der Waals surface area contributed by atoms with Gasteiger partial charge in [-0.25, -0.2) is 8.78 Å². The molecule has 1 aliphatic carbocycles. The Balaban J connectivity index is 1.82. The smallest absolute Gasteiger partial charge is 0.399 e. The second-order valence-corrected chi connectivity index (χ2v) is 7.08. The third-order valence-electron chi connectivity index (χ3n) is 5.10. The fourth-order valence-corrected chi connectivity index (χ4v) is 3.70. The van der Waals surface area contributed by atoms with Crippen LogP contribution in [0.15, 0.2) is 24.8 Å². The van der Waals surface area contributed by atoms with Crippen molar-refractivity contribution >= 4 is 0 Å². The number of benzene rings is 1. The highest BCUT2D eigenvalue weighted by Crippen LogP contribution is 2.35. The van der Waals surface area contributed by atoms with E-state index in [1.165, 1.54) is 25.7 Å². The first-order chi connectivity index (χ1) is 12.3. The standard InChI is InChI=1S/C20H25F5O/c1-2-3-4-5-14-6-8-15(9-7-14)10-11-16-12-17(21)19(18(22)13-16)26-20(23,24)25/h2,12-15H,1,3-11H2. The van der Waals surface area contributed by atoms with Gasteiger partial charge in [0.2, 0.25) is 5.75 Å². The van der Waals surface area contributed by atoms with Gasteiger partial charge in [0, 0.05) is 0 Å². The lowest BCUT2D eigenvalue weighted by Gasteiger charge is -2.28. The summed E-state index contributed by atoms with van der Waals surface area (Å²) in [4.78, 5) is 0. The lowest BCUT2D eigenvalue weighted by Crippen LogP contribution is -2.19. The van der Waals surface area contributed by atoms with Gasteiger partial charge in [0.15, 0.2) is 11.6 Å². The van der Waals surface area contributed by atoms with Gasteiger partial charge < -0.3 is 4.74 Å². The van der Waals surface area contributed by atoms with Gasteiger partial charge in [-0.1, -0.05) is 38.2 Å².